The molecular weight excluding hydrogens is 448 g/mol. The first kappa shape index (κ1) is 25.1. The van der Waals surface area contributed by atoms with Crippen molar-refractivity contribution in [1.82, 2.24) is 0 Å². The zero-order valence-corrected chi connectivity index (χ0v) is 19.6. The highest BCUT2D eigenvalue weighted by Gasteiger charge is 2.17. The van der Waals surface area contributed by atoms with Gasteiger partial charge in [-0.2, -0.15) is 0 Å². The third kappa shape index (κ3) is 6.50. The van der Waals surface area contributed by atoms with Gasteiger partial charge in [0.05, 0.1) is 17.9 Å². The van der Waals surface area contributed by atoms with Crippen LogP contribution < -0.4 is 25.8 Å². The number of nitrogens with two attached hydrogens (primary N) is 1. The molecule has 3 aromatic rings. The van der Waals surface area contributed by atoms with Crippen LogP contribution in [-0.4, -0.2) is 36.0 Å². The number of hydrogen-bond acceptors (Lipinski definition) is 6. The molecule has 9 nitrogen and oxygen atoms in total. The fourth-order valence-electron chi connectivity index (χ4n) is 3.47. The highest BCUT2D eigenvalue weighted by atomic mass is 16.5. The van der Waals surface area contributed by atoms with E-state index in [2.05, 4.69) is 10.6 Å². The second-order valence-corrected chi connectivity index (χ2v) is 7.68. The van der Waals surface area contributed by atoms with Gasteiger partial charge >= 0.3 is 5.97 Å². The van der Waals surface area contributed by atoms with Crippen molar-refractivity contribution in [2.45, 2.75) is 20.4 Å². The van der Waals surface area contributed by atoms with Crippen LogP contribution in [0, 0.1) is 12.3 Å². The molecule has 0 atom stereocenters. The molecule has 3 aromatic carbocycles. The Morgan fingerprint density at radius 3 is 2.49 bits per heavy atom. The SMILES string of the molecule is CCOc1cccc(CNc2ccc(C)cc2C(=O)Nc2ccccc2C(=N)N)c1OCC(=O)O. The predicted octanol–water partition coefficient (Wildman–Crippen LogP) is 4.01. The van der Waals surface area contributed by atoms with Crippen molar-refractivity contribution in [3.8, 4) is 11.5 Å². The van der Waals surface area contributed by atoms with Crippen LogP contribution in [0.5, 0.6) is 11.5 Å². The van der Waals surface area contributed by atoms with Crippen LogP contribution in [0.15, 0.2) is 60.7 Å². The molecule has 0 unspecified atom stereocenters. The summed E-state index contributed by atoms with van der Waals surface area (Å²) in [5, 5.41) is 22.9. The lowest BCUT2D eigenvalue weighted by atomic mass is 10.1. The Labute approximate surface area is 203 Å². The quantitative estimate of drug-likeness (QED) is 0.208. The van der Waals surface area contributed by atoms with Crippen molar-refractivity contribution in [3.05, 3.63) is 82.9 Å². The summed E-state index contributed by atoms with van der Waals surface area (Å²) in [6.07, 6.45) is 0. The number of hydrogen-bond donors (Lipinski definition) is 5. The van der Waals surface area contributed by atoms with Gasteiger partial charge < -0.3 is 30.9 Å². The van der Waals surface area contributed by atoms with E-state index in [0.29, 0.717) is 46.2 Å². The Morgan fingerprint density at radius 1 is 1.00 bits per heavy atom. The third-order valence-electron chi connectivity index (χ3n) is 5.05. The van der Waals surface area contributed by atoms with Gasteiger partial charge in [0.15, 0.2) is 18.1 Å². The molecule has 0 radical (unpaired) electrons. The molecule has 0 bridgehead atoms. The number of carbonyl (C=O) groups excluding carboxylic acids is 1. The largest absolute Gasteiger partial charge is 0.490 e. The lowest BCUT2D eigenvalue weighted by Gasteiger charge is -2.17. The Morgan fingerprint density at radius 2 is 1.77 bits per heavy atom. The van der Waals surface area contributed by atoms with Crippen LogP contribution in [0.1, 0.15) is 34.0 Å². The van der Waals surface area contributed by atoms with E-state index in [1.807, 2.05) is 19.9 Å². The van der Waals surface area contributed by atoms with E-state index in [1.165, 1.54) is 0 Å². The molecule has 0 aromatic heterocycles. The van der Waals surface area contributed by atoms with E-state index in [9.17, 15) is 9.59 Å². The van der Waals surface area contributed by atoms with Gasteiger partial charge in [-0.3, -0.25) is 10.2 Å². The van der Waals surface area contributed by atoms with Gasteiger partial charge in [-0.1, -0.05) is 35.9 Å². The zero-order chi connectivity index (χ0) is 25.4. The highest BCUT2D eigenvalue weighted by molar-refractivity contribution is 6.11. The molecule has 0 saturated heterocycles. The number of aliphatic carboxylic acids is 1. The summed E-state index contributed by atoms with van der Waals surface area (Å²) in [4.78, 5) is 24.2. The number of carboxylic acids is 1. The molecule has 0 saturated carbocycles. The summed E-state index contributed by atoms with van der Waals surface area (Å²) in [6, 6.07) is 17.6. The molecule has 3 rings (SSSR count). The van der Waals surface area contributed by atoms with Crippen molar-refractivity contribution in [3.63, 3.8) is 0 Å². The number of carbonyl (C=O) groups is 2. The lowest BCUT2D eigenvalue weighted by Crippen LogP contribution is -2.19. The average Bonchev–Trinajstić information content (AvgIpc) is 2.82. The van der Waals surface area contributed by atoms with Gasteiger partial charge in [0.25, 0.3) is 5.91 Å². The Balaban J connectivity index is 1.87. The molecule has 182 valence electrons. The summed E-state index contributed by atoms with van der Waals surface area (Å²) >= 11 is 0. The van der Waals surface area contributed by atoms with E-state index in [0.717, 1.165) is 5.56 Å². The standard InChI is InChI=1S/C26H28N4O5/c1-3-34-22-10-6-7-17(24(22)35-15-23(31)32)14-29-20-12-11-16(2)13-19(20)26(33)30-21-9-5-4-8-18(21)25(27)28/h4-13,29H,3,14-15H2,1-2H3,(H3,27,28)(H,30,33)(H,31,32). The number of nitrogens with one attached hydrogen (secondary N) is 3. The van der Waals surface area contributed by atoms with Gasteiger partial charge in [-0.25, -0.2) is 4.79 Å². The molecule has 0 aliphatic carbocycles. The molecule has 0 heterocycles. The molecule has 0 fully saturated rings. The van der Waals surface area contributed by atoms with E-state index < -0.39 is 12.6 Å². The third-order valence-corrected chi connectivity index (χ3v) is 5.05. The van der Waals surface area contributed by atoms with Crippen LogP contribution in [0.4, 0.5) is 11.4 Å². The van der Waals surface area contributed by atoms with Crippen molar-refractivity contribution in [1.29, 1.82) is 5.41 Å². The maximum absolute atomic E-state index is 13.2. The fraction of sp³-hybridized carbons (Fsp3) is 0.192. The smallest absolute Gasteiger partial charge is 0.341 e. The Kier molecular flexibility index (Phi) is 8.29. The Bertz CT molecular complexity index is 1240. The molecule has 6 N–H and O–H groups in total. The number of amides is 1. The molecule has 0 aliphatic rings. The van der Waals surface area contributed by atoms with Crippen LogP contribution in [0.2, 0.25) is 0 Å². The van der Waals surface area contributed by atoms with Gasteiger partial charge in [0.1, 0.15) is 5.84 Å². The topological polar surface area (TPSA) is 147 Å². The zero-order valence-electron chi connectivity index (χ0n) is 19.6. The first-order chi connectivity index (χ1) is 16.8. The number of ether oxygens (including phenoxy) is 2. The molecule has 35 heavy (non-hydrogen) atoms. The average molecular weight is 477 g/mol. The first-order valence-electron chi connectivity index (χ1n) is 11.0. The van der Waals surface area contributed by atoms with Crippen LogP contribution in [0.25, 0.3) is 0 Å². The number of aryl methyl sites for hydroxylation is 1. The summed E-state index contributed by atoms with van der Waals surface area (Å²) in [6.45, 7) is 3.85. The summed E-state index contributed by atoms with van der Waals surface area (Å²) in [5.74, 6) is -0.839. The van der Waals surface area contributed by atoms with Crippen molar-refractivity contribution < 1.29 is 24.2 Å². The summed E-state index contributed by atoms with van der Waals surface area (Å²) in [7, 11) is 0. The van der Waals surface area contributed by atoms with E-state index in [1.54, 1.807) is 54.6 Å². The molecule has 0 aliphatic heterocycles. The first-order valence-corrected chi connectivity index (χ1v) is 11.0. The number of amidine groups is 1. The second-order valence-electron chi connectivity index (χ2n) is 7.68. The predicted molar refractivity (Wildman–Crippen MR) is 135 cm³/mol. The van der Waals surface area contributed by atoms with Crippen molar-refractivity contribution in [2.75, 3.05) is 23.8 Å². The second kappa shape index (κ2) is 11.6. The normalized spacial score (nSPS) is 10.3. The summed E-state index contributed by atoms with van der Waals surface area (Å²) in [5.41, 5.74) is 9.04. The fourth-order valence-corrected chi connectivity index (χ4v) is 3.47. The van der Waals surface area contributed by atoms with Crippen molar-refractivity contribution in [2.24, 2.45) is 5.73 Å². The van der Waals surface area contributed by atoms with Crippen molar-refractivity contribution >= 4 is 29.1 Å². The van der Waals surface area contributed by atoms with Gasteiger partial charge in [-0.05, 0) is 44.2 Å². The maximum atomic E-state index is 13.2. The number of nitrogen functional groups attached to an aromatic ring is 1. The van der Waals surface area contributed by atoms with Crippen LogP contribution in [0.3, 0.4) is 0 Å². The Hall–Kier alpha value is -4.53. The number of para-hydroxylation sites is 2. The van der Waals surface area contributed by atoms with Gasteiger partial charge in [-0.15, -0.1) is 0 Å². The van der Waals surface area contributed by atoms with E-state index in [-0.39, 0.29) is 18.3 Å². The number of benzene rings is 3. The maximum Gasteiger partial charge on any atom is 0.341 e. The van der Waals surface area contributed by atoms with Crippen LogP contribution >= 0.6 is 0 Å². The number of rotatable bonds is 11. The summed E-state index contributed by atoms with van der Waals surface area (Å²) < 4.78 is 11.1. The molecular formula is C26H28N4O5. The lowest BCUT2D eigenvalue weighted by molar-refractivity contribution is -0.139. The van der Waals surface area contributed by atoms with E-state index in [4.69, 9.17) is 25.7 Å². The van der Waals surface area contributed by atoms with Gasteiger partial charge in [0.2, 0.25) is 0 Å². The molecule has 9 heteroatoms. The van der Waals surface area contributed by atoms with Crippen LogP contribution in [-0.2, 0) is 11.3 Å². The number of anilines is 2. The minimum Gasteiger partial charge on any atom is -0.490 e. The minimum absolute atomic E-state index is 0.147. The monoisotopic (exact) mass is 476 g/mol. The van der Waals surface area contributed by atoms with Gasteiger partial charge in [0, 0.05) is 23.4 Å². The molecule has 0 spiro atoms. The minimum atomic E-state index is -1.10. The van der Waals surface area contributed by atoms with E-state index >= 15 is 0 Å². The number of carboxylic acid groups (broad SMARTS) is 1. The highest BCUT2D eigenvalue weighted by Crippen LogP contribution is 2.32. The molecule has 1 amide bonds.